The normalized spacial score (nSPS) is 12.6. The fourth-order valence-corrected chi connectivity index (χ4v) is 3.75. The maximum absolute atomic E-state index is 13.2. The predicted molar refractivity (Wildman–Crippen MR) is 115 cm³/mol. The zero-order chi connectivity index (χ0) is 21.0. The fourth-order valence-electron chi connectivity index (χ4n) is 3.75. The van der Waals surface area contributed by atoms with Gasteiger partial charge in [-0.2, -0.15) is 0 Å². The summed E-state index contributed by atoms with van der Waals surface area (Å²) in [5.41, 5.74) is 2.50. The number of aromatic nitrogens is 2. The van der Waals surface area contributed by atoms with Gasteiger partial charge in [0.2, 0.25) is 6.33 Å². The van der Waals surface area contributed by atoms with Gasteiger partial charge in [0.1, 0.15) is 6.54 Å². The molecule has 1 heterocycles. The van der Waals surface area contributed by atoms with Crippen LogP contribution < -0.4 is 22.3 Å². The van der Waals surface area contributed by atoms with E-state index in [4.69, 9.17) is 0 Å². The third kappa shape index (κ3) is 5.21. The summed E-state index contributed by atoms with van der Waals surface area (Å²) in [6.45, 7) is 8.70. The summed E-state index contributed by atoms with van der Waals surface area (Å²) in [5, 5.41) is 12.7. The van der Waals surface area contributed by atoms with Gasteiger partial charge >= 0.3 is 0 Å². The van der Waals surface area contributed by atoms with Gasteiger partial charge in [-0.1, -0.05) is 56.3 Å². The van der Waals surface area contributed by atoms with Crippen LogP contribution in [-0.2, 0) is 16.9 Å². The van der Waals surface area contributed by atoms with E-state index in [0.29, 0.717) is 5.92 Å². The van der Waals surface area contributed by atoms with Crippen molar-refractivity contribution in [3.8, 4) is 0 Å². The molecule has 0 radical (unpaired) electrons. The summed E-state index contributed by atoms with van der Waals surface area (Å²) in [6.07, 6.45) is 2.77. The van der Waals surface area contributed by atoms with Gasteiger partial charge in [-0.15, -0.1) is 0 Å². The number of amides is 1. The molecule has 0 saturated heterocycles. The number of para-hydroxylation sites is 2. The summed E-state index contributed by atoms with van der Waals surface area (Å²) in [4.78, 5) is 13.2. The summed E-state index contributed by atoms with van der Waals surface area (Å²) >= 11 is 0. The lowest BCUT2D eigenvalue weighted by Gasteiger charge is -2.25. The summed E-state index contributed by atoms with van der Waals surface area (Å²) in [7, 11) is 0. The molecule has 3 rings (SSSR count). The van der Waals surface area contributed by atoms with Crippen molar-refractivity contribution in [3.05, 3.63) is 66.5 Å². The Kier molecular flexibility index (Phi) is 8.04. The smallest absolute Gasteiger partial charge is 0.268 e. The average molecular weight is 430 g/mol. The van der Waals surface area contributed by atoms with Crippen molar-refractivity contribution in [3.63, 3.8) is 0 Å². The molecular weight excluding hydrogens is 398 g/mol. The highest BCUT2D eigenvalue weighted by molar-refractivity contribution is 5.86. The summed E-state index contributed by atoms with van der Waals surface area (Å²) in [5.74, 6) is 0.306. The van der Waals surface area contributed by atoms with Crippen molar-refractivity contribution >= 4 is 16.9 Å². The van der Waals surface area contributed by atoms with Crippen LogP contribution in [0.15, 0.2) is 60.9 Å². The highest BCUT2D eigenvalue weighted by atomic mass is 35.5. The van der Waals surface area contributed by atoms with E-state index in [2.05, 4.69) is 41.9 Å². The maximum atomic E-state index is 13.2. The molecule has 0 spiro atoms. The second-order valence-electron chi connectivity index (χ2n) is 8.63. The quantitative estimate of drug-likeness (QED) is 0.504. The number of hydrogen-bond donors (Lipinski definition) is 2. The van der Waals surface area contributed by atoms with Crippen molar-refractivity contribution in [2.75, 3.05) is 6.61 Å². The lowest BCUT2D eigenvalue weighted by Crippen LogP contribution is -3.00. The number of halogens is 1. The standard InChI is InChI=1S/C24H31N3O2.ClH/c1-18(2)14-20(16-28)25-23(29)24(3,4)27-17-26(15-19-10-6-5-7-11-19)21-12-8-9-13-22(21)27;/h5-13,17-18,20,28H,14-16H2,1-4H3;1H/t20-;/m0./s1. The molecule has 5 nitrogen and oxygen atoms in total. The van der Waals surface area contributed by atoms with Crippen LogP contribution >= 0.6 is 0 Å². The van der Waals surface area contributed by atoms with E-state index in [1.807, 2.05) is 61.1 Å². The average Bonchev–Trinajstić information content (AvgIpc) is 3.07. The van der Waals surface area contributed by atoms with Crippen molar-refractivity contribution in [2.45, 2.75) is 52.2 Å². The number of carbonyl (C=O) groups is 1. The first-order valence-corrected chi connectivity index (χ1v) is 10.3. The SMILES string of the molecule is CC(C)C[C@@H](CO)NC(=O)C(C)(C)n1c[n+](Cc2ccccc2)c2ccccc21.[Cl-]. The molecule has 1 atom stereocenters. The molecule has 162 valence electrons. The van der Waals surface area contributed by atoms with Crippen LogP contribution in [0.25, 0.3) is 11.0 Å². The minimum absolute atomic E-state index is 0. The van der Waals surface area contributed by atoms with E-state index in [1.54, 1.807) is 0 Å². The third-order valence-corrected chi connectivity index (χ3v) is 5.37. The van der Waals surface area contributed by atoms with Gasteiger partial charge in [0.25, 0.3) is 5.91 Å². The number of nitrogens with one attached hydrogen (secondary N) is 1. The number of nitrogens with zero attached hydrogens (tertiary/aromatic N) is 2. The van der Waals surface area contributed by atoms with E-state index in [-0.39, 0.29) is 31.0 Å². The number of fused-ring (bicyclic) bond motifs is 1. The molecule has 2 N–H and O–H groups in total. The Labute approximate surface area is 185 Å². The van der Waals surface area contributed by atoms with E-state index in [1.165, 1.54) is 5.56 Å². The van der Waals surface area contributed by atoms with Gasteiger partial charge in [0.15, 0.2) is 16.6 Å². The lowest BCUT2D eigenvalue weighted by molar-refractivity contribution is -0.663. The van der Waals surface area contributed by atoms with Gasteiger partial charge in [-0.3, -0.25) is 4.79 Å². The molecule has 1 aromatic heterocycles. The van der Waals surface area contributed by atoms with Crippen molar-refractivity contribution in [1.29, 1.82) is 0 Å². The molecular formula is C24H32ClN3O2. The van der Waals surface area contributed by atoms with Gasteiger partial charge in [-0.25, -0.2) is 9.13 Å². The first-order chi connectivity index (χ1) is 13.8. The molecule has 0 aliphatic heterocycles. The lowest BCUT2D eigenvalue weighted by atomic mass is 10.00. The molecule has 0 bridgehead atoms. The highest BCUT2D eigenvalue weighted by Gasteiger charge is 2.38. The van der Waals surface area contributed by atoms with Gasteiger partial charge < -0.3 is 22.8 Å². The van der Waals surface area contributed by atoms with E-state index >= 15 is 0 Å². The summed E-state index contributed by atoms with van der Waals surface area (Å²) in [6, 6.07) is 18.2. The van der Waals surface area contributed by atoms with Crippen LogP contribution in [0, 0.1) is 5.92 Å². The van der Waals surface area contributed by atoms with Crippen molar-refractivity contribution in [2.24, 2.45) is 5.92 Å². The van der Waals surface area contributed by atoms with Gasteiger partial charge in [-0.05, 0) is 43.9 Å². The number of aliphatic hydroxyl groups excluding tert-OH is 1. The van der Waals surface area contributed by atoms with Crippen LogP contribution in [-0.4, -0.2) is 28.2 Å². The Bertz CT molecular complexity index is 967. The van der Waals surface area contributed by atoms with E-state index in [9.17, 15) is 9.90 Å². The molecule has 0 fully saturated rings. The first kappa shape index (κ1) is 23.9. The third-order valence-electron chi connectivity index (χ3n) is 5.37. The number of hydrogen-bond acceptors (Lipinski definition) is 2. The summed E-state index contributed by atoms with van der Waals surface area (Å²) < 4.78 is 4.21. The van der Waals surface area contributed by atoms with Crippen molar-refractivity contribution in [1.82, 2.24) is 9.88 Å². The largest absolute Gasteiger partial charge is 1.00 e. The Morgan fingerprint density at radius 2 is 1.73 bits per heavy atom. The molecule has 6 heteroatoms. The minimum Gasteiger partial charge on any atom is -1.00 e. The second-order valence-corrected chi connectivity index (χ2v) is 8.63. The van der Waals surface area contributed by atoms with Crippen LogP contribution in [0.3, 0.4) is 0 Å². The topological polar surface area (TPSA) is 58.1 Å². The number of carbonyl (C=O) groups excluding carboxylic acids is 1. The number of imidazole rings is 1. The molecule has 0 aliphatic carbocycles. The van der Waals surface area contributed by atoms with Crippen LogP contribution in [0.4, 0.5) is 0 Å². The molecule has 30 heavy (non-hydrogen) atoms. The number of rotatable bonds is 8. The minimum atomic E-state index is -0.800. The Balaban J connectivity index is 0.00000320. The molecule has 0 unspecified atom stereocenters. The number of benzene rings is 2. The van der Waals surface area contributed by atoms with Crippen LogP contribution in [0.2, 0.25) is 0 Å². The monoisotopic (exact) mass is 429 g/mol. The molecule has 1 amide bonds. The Morgan fingerprint density at radius 1 is 1.10 bits per heavy atom. The van der Waals surface area contributed by atoms with E-state index in [0.717, 1.165) is 24.0 Å². The van der Waals surface area contributed by atoms with Gasteiger partial charge in [0, 0.05) is 0 Å². The van der Waals surface area contributed by atoms with Crippen LogP contribution in [0.5, 0.6) is 0 Å². The van der Waals surface area contributed by atoms with Gasteiger partial charge in [0.05, 0.1) is 12.6 Å². The second kappa shape index (κ2) is 10.1. The molecule has 0 aliphatic rings. The zero-order valence-electron chi connectivity index (χ0n) is 18.2. The maximum Gasteiger partial charge on any atom is 0.268 e. The fraction of sp³-hybridized carbons (Fsp3) is 0.417. The highest BCUT2D eigenvalue weighted by Crippen LogP contribution is 2.23. The van der Waals surface area contributed by atoms with Crippen molar-refractivity contribution < 1.29 is 26.9 Å². The zero-order valence-corrected chi connectivity index (χ0v) is 18.9. The molecule has 2 aromatic carbocycles. The van der Waals surface area contributed by atoms with Crippen LogP contribution in [0.1, 0.15) is 39.7 Å². The molecule has 0 saturated carbocycles. The molecule has 3 aromatic rings. The Morgan fingerprint density at radius 3 is 2.37 bits per heavy atom. The Hall–Kier alpha value is -2.37. The van der Waals surface area contributed by atoms with E-state index < -0.39 is 5.54 Å². The first-order valence-electron chi connectivity index (χ1n) is 10.3. The predicted octanol–water partition coefficient (Wildman–Crippen LogP) is 0.239. The number of aliphatic hydroxyl groups is 1.